The van der Waals surface area contributed by atoms with E-state index in [1.165, 1.54) is 11.3 Å². The molecule has 0 saturated heterocycles. The number of thiophene rings is 1. The Morgan fingerprint density at radius 1 is 1.19 bits per heavy atom. The molecule has 2 rings (SSSR count). The molecule has 0 aliphatic carbocycles. The van der Waals surface area contributed by atoms with Crippen molar-refractivity contribution in [1.82, 2.24) is 4.90 Å². The Hall–Kier alpha value is -2.71. The van der Waals surface area contributed by atoms with E-state index in [1.54, 1.807) is 30.3 Å². The summed E-state index contributed by atoms with van der Waals surface area (Å²) in [4.78, 5) is 37.8. The van der Waals surface area contributed by atoms with Gasteiger partial charge < -0.3 is 16.4 Å². The van der Waals surface area contributed by atoms with Gasteiger partial charge in [-0.25, -0.2) is 0 Å². The van der Waals surface area contributed by atoms with Gasteiger partial charge in [0.1, 0.15) is 5.00 Å². The normalized spacial score (nSPS) is 11.9. The van der Waals surface area contributed by atoms with Crippen LogP contribution in [0.2, 0.25) is 0 Å². The van der Waals surface area contributed by atoms with Crippen LogP contribution >= 0.6 is 11.3 Å². The zero-order valence-electron chi connectivity index (χ0n) is 15.8. The molecule has 1 aromatic carbocycles. The lowest BCUT2D eigenvalue weighted by Gasteiger charge is -2.23. The van der Waals surface area contributed by atoms with E-state index in [2.05, 4.69) is 10.6 Å². The molecule has 3 amide bonds. The van der Waals surface area contributed by atoms with Gasteiger partial charge in [-0.2, -0.15) is 0 Å². The maximum Gasteiger partial charge on any atom is 0.251 e. The van der Waals surface area contributed by atoms with Crippen LogP contribution in [0.4, 0.5) is 10.7 Å². The average molecular weight is 388 g/mol. The van der Waals surface area contributed by atoms with Crippen molar-refractivity contribution < 1.29 is 14.4 Å². The third-order valence-electron chi connectivity index (χ3n) is 4.27. The Balaban J connectivity index is 1.95. The van der Waals surface area contributed by atoms with Crippen molar-refractivity contribution >= 4 is 39.7 Å². The molecule has 4 N–H and O–H groups in total. The SMILES string of the molecule is Cc1ccc(C)c(NC(=O)CN(C)C(C)C(=O)Nc2sccc2C(N)=O)c1. The molecule has 1 aromatic heterocycles. The summed E-state index contributed by atoms with van der Waals surface area (Å²) in [6.45, 7) is 5.62. The highest BCUT2D eigenvalue weighted by molar-refractivity contribution is 7.14. The second-order valence-corrected chi connectivity index (χ2v) is 7.39. The van der Waals surface area contributed by atoms with E-state index in [9.17, 15) is 14.4 Å². The predicted molar refractivity (Wildman–Crippen MR) is 108 cm³/mol. The molecule has 1 unspecified atom stereocenters. The number of rotatable bonds is 7. The quantitative estimate of drug-likeness (QED) is 0.677. The molecule has 8 heteroatoms. The Kier molecular flexibility index (Phi) is 6.70. The van der Waals surface area contributed by atoms with E-state index in [1.807, 2.05) is 32.0 Å². The summed E-state index contributed by atoms with van der Waals surface area (Å²) < 4.78 is 0. The monoisotopic (exact) mass is 388 g/mol. The summed E-state index contributed by atoms with van der Waals surface area (Å²) in [5.41, 5.74) is 8.34. The van der Waals surface area contributed by atoms with Crippen molar-refractivity contribution in [2.24, 2.45) is 5.73 Å². The zero-order valence-corrected chi connectivity index (χ0v) is 16.6. The van der Waals surface area contributed by atoms with Gasteiger partial charge in [0.05, 0.1) is 18.2 Å². The van der Waals surface area contributed by atoms with Gasteiger partial charge in [-0.05, 0) is 56.5 Å². The van der Waals surface area contributed by atoms with Crippen LogP contribution in [0.5, 0.6) is 0 Å². The highest BCUT2D eigenvalue weighted by Gasteiger charge is 2.22. The summed E-state index contributed by atoms with van der Waals surface area (Å²) in [6.07, 6.45) is 0. The third-order valence-corrected chi connectivity index (χ3v) is 5.10. The molecule has 2 aromatic rings. The fourth-order valence-electron chi connectivity index (χ4n) is 2.44. The first-order valence-corrected chi connectivity index (χ1v) is 9.32. The van der Waals surface area contributed by atoms with Gasteiger partial charge in [0.2, 0.25) is 11.8 Å². The lowest BCUT2D eigenvalue weighted by molar-refractivity contribution is -0.122. The molecular formula is C19H24N4O3S. The number of aryl methyl sites for hydroxylation is 2. The number of carbonyl (C=O) groups is 3. The second kappa shape index (κ2) is 8.79. The van der Waals surface area contributed by atoms with E-state index >= 15 is 0 Å². The van der Waals surface area contributed by atoms with Gasteiger partial charge in [0.25, 0.3) is 5.91 Å². The Labute approximate surface area is 162 Å². The summed E-state index contributed by atoms with van der Waals surface area (Å²) in [5.74, 6) is -1.12. The van der Waals surface area contributed by atoms with Crippen LogP contribution in [0.3, 0.4) is 0 Å². The van der Waals surface area contributed by atoms with Crippen LogP contribution < -0.4 is 16.4 Å². The number of carbonyl (C=O) groups excluding carboxylic acids is 3. The molecule has 7 nitrogen and oxygen atoms in total. The topological polar surface area (TPSA) is 105 Å². The van der Waals surface area contributed by atoms with Gasteiger partial charge in [-0.1, -0.05) is 12.1 Å². The van der Waals surface area contributed by atoms with Gasteiger partial charge in [0.15, 0.2) is 0 Å². The molecule has 0 spiro atoms. The van der Waals surface area contributed by atoms with Crippen LogP contribution in [0.1, 0.15) is 28.4 Å². The third kappa shape index (κ3) is 5.38. The molecule has 1 heterocycles. The van der Waals surface area contributed by atoms with Gasteiger partial charge in [0, 0.05) is 5.69 Å². The van der Waals surface area contributed by atoms with Crippen molar-refractivity contribution in [3.63, 3.8) is 0 Å². The van der Waals surface area contributed by atoms with Crippen molar-refractivity contribution in [3.8, 4) is 0 Å². The molecule has 0 aliphatic rings. The summed E-state index contributed by atoms with van der Waals surface area (Å²) >= 11 is 1.22. The predicted octanol–water partition coefficient (Wildman–Crippen LogP) is 2.36. The number of hydrogen-bond acceptors (Lipinski definition) is 5. The van der Waals surface area contributed by atoms with E-state index < -0.39 is 11.9 Å². The molecule has 0 aliphatic heterocycles. The average Bonchev–Trinajstić information content (AvgIpc) is 3.05. The molecule has 144 valence electrons. The largest absolute Gasteiger partial charge is 0.366 e. The van der Waals surface area contributed by atoms with Crippen LogP contribution in [-0.4, -0.2) is 42.3 Å². The number of anilines is 2. The van der Waals surface area contributed by atoms with Crippen molar-refractivity contribution in [1.29, 1.82) is 0 Å². The highest BCUT2D eigenvalue weighted by atomic mass is 32.1. The van der Waals surface area contributed by atoms with Crippen LogP contribution in [0, 0.1) is 13.8 Å². The molecule has 27 heavy (non-hydrogen) atoms. The molecule has 0 bridgehead atoms. The van der Waals surface area contributed by atoms with Gasteiger partial charge >= 0.3 is 0 Å². The fourth-order valence-corrected chi connectivity index (χ4v) is 3.24. The zero-order chi connectivity index (χ0) is 20.1. The number of nitrogens with one attached hydrogen (secondary N) is 2. The van der Waals surface area contributed by atoms with E-state index in [-0.39, 0.29) is 23.9 Å². The highest BCUT2D eigenvalue weighted by Crippen LogP contribution is 2.23. The number of benzene rings is 1. The van der Waals surface area contributed by atoms with Crippen molar-refractivity contribution in [2.45, 2.75) is 26.8 Å². The molecule has 0 fully saturated rings. The van der Waals surface area contributed by atoms with Crippen LogP contribution in [0.25, 0.3) is 0 Å². The number of nitrogens with zero attached hydrogens (tertiary/aromatic N) is 1. The smallest absolute Gasteiger partial charge is 0.251 e. The number of primary amides is 1. The minimum absolute atomic E-state index is 0.0507. The first-order chi connectivity index (χ1) is 12.7. The first kappa shape index (κ1) is 20.6. The number of likely N-dealkylation sites (N-methyl/N-ethyl adjacent to an activating group) is 1. The lowest BCUT2D eigenvalue weighted by atomic mass is 10.1. The van der Waals surface area contributed by atoms with E-state index in [0.717, 1.165) is 16.8 Å². The Bertz CT molecular complexity index is 862. The maximum atomic E-state index is 12.4. The standard InChI is InChI=1S/C19H24N4O3S/c1-11-5-6-12(2)15(9-11)21-16(24)10-23(4)13(3)18(26)22-19-14(17(20)25)7-8-27-19/h5-9,13H,10H2,1-4H3,(H2,20,25)(H,21,24)(H,22,26). The van der Waals surface area contributed by atoms with Gasteiger partial charge in [-0.15, -0.1) is 11.3 Å². The van der Waals surface area contributed by atoms with Crippen LogP contribution in [-0.2, 0) is 9.59 Å². The minimum atomic E-state index is -0.597. The first-order valence-electron chi connectivity index (χ1n) is 8.44. The maximum absolute atomic E-state index is 12.4. The van der Waals surface area contributed by atoms with E-state index in [0.29, 0.717) is 5.00 Å². The molecule has 0 saturated carbocycles. The minimum Gasteiger partial charge on any atom is -0.366 e. The number of amides is 3. The molecule has 1 atom stereocenters. The summed E-state index contributed by atoms with van der Waals surface area (Å²) in [6, 6.07) is 6.83. The summed E-state index contributed by atoms with van der Waals surface area (Å²) in [7, 11) is 1.69. The van der Waals surface area contributed by atoms with E-state index in [4.69, 9.17) is 5.73 Å². The number of nitrogens with two attached hydrogens (primary N) is 1. The molecular weight excluding hydrogens is 364 g/mol. The Morgan fingerprint density at radius 2 is 1.89 bits per heavy atom. The number of hydrogen-bond donors (Lipinski definition) is 3. The fraction of sp³-hybridized carbons (Fsp3) is 0.316. The van der Waals surface area contributed by atoms with Gasteiger partial charge in [-0.3, -0.25) is 19.3 Å². The van der Waals surface area contributed by atoms with Crippen molar-refractivity contribution in [2.75, 3.05) is 24.2 Å². The van der Waals surface area contributed by atoms with Crippen LogP contribution in [0.15, 0.2) is 29.6 Å². The molecule has 0 radical (unpaired) electrons. The van der Waals surface area contributed by atoms with Crippen molar-refractivity contribution in [3.05, 3.63) is 46.3 Å². The summed E-state index contributed by atoms with van der Waals surface area (Å²) in [5, 5.41) is 7.66. The second-order valence-electron chi connectivity index (χ2n) is 6.47. The lowest BCUT2D eigenvalue weighted by Crippen LogP contribution is -2.43. The Morgan fingerprint density at radius 3 is 2.56 bits per heavy atom.